The minimum Gasteiger partial charge on any atom is -0.507 e. The standard InChI is InChI=1S/C28H31FN2O7S.C2HF3O2/c1-18-16-31(17-19(2)38-18)11-4-12-37-28(34)24-9-8-22(15-27(24)33)30-39(35,36)23-6-3-5-20(13-23)25-14-21(29)7-10-26(25)32;3-2(4,5)1(6)7/h3,5-10,13-15,18-19,30,32-33H,4,11-12,16-17H2,1-2H3;(H,6,7). The highest BCUT2D eigenvalue weighted by Crippen LogP contribution is 2.32. The predicted octanol–water partition coefficient (Wildman–Crippen LogP) is 4.99. The molecule has 11 nitrogen and oxygen atoms in total. The highest BCUT2D eigenvalue weighted by molar-refractivity contribution is 7.92. The van der Waals surface area contributed by atoms with Crippen molar-refractivity contribution in [2.75, 3.05) is 31.0 Å². The summed E-state index contributed by atoms with van der Waals surface area (Å²) < 4.78 is 84.7. The first-order valence-corrected chi connectivity index (χ1v) is 15.2. The molecule has 0 aliphatic carbocycles. The number of alkyl halides is 3. The first kappa shape index (κ1) is 36.1. The van der Waals surface area contributed by atoms with Crippen molar-refractivity contribution in [1.82, 2.24) is 4.90 Å². The third-order valence-corrected chi connectivity index (χ3v) is 7.85. The van der Waals surface area contributed by atoms with E-state index < -0.39 is 39.7 Å². The van der Waals surface area contributed by atoms with Gasteiger partial charge in [-0.1, -0.05) is 12.1 Å². The molecule has 250 valence electrons. The van der Waals surface area contributed by atoms with Gasteiger partial charge in [0.15, 0.2) is 0 Å². The van der Waals surface area contributed by atoms with Gasteiger partial charge in [-0.15, -0.1) is 0 Å². The van der Waals surface area contributed by atoms with Crippen molar-refractivity contribution in [3.63, 3.8) is 0 Å². The number of ether oxygens (including phenoxy) is 2. The smallest absolute Gasteiger partial charge is 0.490 e. The Morgan fingerprint density at radius 2 is 1.65 bits per heavy atom. The number of aromatic hydroxyl groups is 2. The van der Waals surface area contributed by atoms with Crippen LogP contribution in [-0.2, 0) is 24.3 Å². The molecule has 1 aliphatic rings. The van der Waals surface area contributed by atoms with Crippen LogP contribution in [-0.4, -0.2) is 85.2 Å². The molecule has 3 aromatic rings. The molecule has 0 amide bonds. The Bertz CT molecular complexity index is 1640. The van der Waals surface area contributed by atoms with Gasteiger partial charge in [0.05, 0.1) is 29.4 Å². The number of carbonyl (C=O) groups is 2. The Labute approximate surface area is 262 Å². The molecule has 0 saturated carbocycles. The van der Waals surface area contributed by atoms with Crippen LogP contribution in [0, 0.1) is 5.82 Å². The number of aliphatic carboxylic acids is 1. The number of carboxylic acids is 1. The van der Waals surface area contributed by atoms with Gasteiger partial charge in [-0.3, -0.25) is 9.62 Å². The lowest BCUT2D eigenvalue weighted by atomic mass is 10.0. The Morgan fingerprint density at radius 1 is 1.00 bits per heavy atom. The summed E-state index contributed by atoms with van der Waals surface area (Å²) in [7, 11) is -4.12. The Hall–Kier alpha value is -4.41. The minimum absolute atomic E-state index is 0.0265. The van der Waals surface area contributed by atoms with Crippen LogP contribution in [0.5, 0.6) is 11.5 Å². The van der Waals surface area contributed by atoms with Crippen molar-refractivity contribution in [2.24, 2.45) is 0 Å². The van der Waals surface area contributed by atoms with Crippen molar-refractivity contribution < 1.29 is 60.4 Å². The maximum absolute atomic E-state index is 13.7. The average Bonchev–Trinajstić information content (AvgIpc) is 2.96. The number of phenolic OH excluding ortho intramolecular Hbond substituents is 2. The molecule has 1 fully saturated rings. The van der Waals surface area contributed by atoms with Crippen LogP contribution in [0.4, 0.5) is 23.2 Å². The highest BCUT2D eigenvalue weighted by atomic mass is 32.2. The molecule has 16 heteroatoms. The van der Waals surface area contributed by atoms with Crippen LogP contribution >= 0.6 is 0 Å². The summed E-state index contributed by atoms with van der Waals surface area (Å²) in [5.41, 5.74) is 0.379. The van der Waals surface area contributed by atoms with Gasteiger partial charge in [-0.2, -0.15) is 13.2 Å². The van der Waals surface area contributed by atoms with Crippen molar-refractivity contribution in [3.05, 3.63) is 72.0 Å². The van der Waals surface area contributed by atoms with Crippen LogP contribution < -0.4 is 4.72 Å². The maximum Gasteiger partial charge on any atom is 0.490 e. The normalized spacial score (nSPS) is 17.0. The van der Waals surface area contributed by atoms with E-state index in [-0.39, 0.29) is 46.3 Å². The largest absolute Gasteiger partial charge is 0.507 e. The Morgan fingerprint density at radius 3 is 2.26 bits per heavy atom. The van der Waals surface area contributed by atoms with E-state index in [0.717, 1.165) is 37.8 Å². The van der Waals surface area contributed by atoms with E-state index in [1.54, 1.807) is 6.07 Å². The average molecular weight is 673 g/mol. The van der Waals surface area contributed by atoms with E-state index in [1.165, 1.54) is 36.4 Å². The van der Waals surface area contributed by atoms with Crippen LogP contribution in [0.3, 0.4) is 0 Å². The summed E-state index contributed by atoms with van der Waals surface area (Å²) in [5.74, 6) is -4.68. The molecule has 1 aliphatic heterocycles. The second kappa shape index (κ2) is 15.2. The molecular formula is C30H32F4N2O9S. The molecule has 4 N–H and O–H groups in total. The first-order chi connectivity index (χ1) is 21.5. The molecule has 46 heavy (non-hydrogen) atoms. The predicted molar refractivity (Wildman–Crippen MR) is 157 cm³/mol. The number of morpholine rings is 1. The van der Waals surface area contributed by atoms with Crippen molar-refractivity contribution in [1.29, 1.82) is 0 Å². The molecule has 4 rings (SSSR count). The minimum atomic E-state index is -5.08. The number of hydrogen-bond acceptors (Lipinski definition) is 9. The van der Waals surface area contributed by atoms with Gasteiger partial charge < -0.3 is 24.8 Å². The zero-order valence-electron chi connectivity index (χ0n) is 24.6. The summed E-state index contributed by atoms with van der Waals surface area (Å²) in [6.45, 7) is 6.58. The molecule has 2 unspecified atom stereocenters. The molecule has 0 aromatic heterocycles. The molecule has 2 atom stereocenters. The fraction of sp³-hybridized carbons (Fsp3) is 0.333. The fourth-order valence-corrected chi connectivity index (χ4v) is 5.64. The van der Waals surface area contributed by atoms with Crippen LogP contribution in [0.1, 0.15) is 30.6 Å². The quantitative estimate of drug-likeness (QED) is 0.138. The number of anilines is 1. The van der Waals surface area contributed by atoms with Gasteiger partial charge in [0.2, 0.25) is 0 Å². The monoisotopic (exact) mass is 672 g/mol. The molecule has 0 spiro atoms. The van der Waals surface area contributed by atoms with E-state index in [1.807, 2.05) is 13.8 Å². The Balaban J connectivity index is 0.000000738. The highest BCUT2D eigenvalue weighted by Gasteiger charge is 2.38. The molecule has 1 heterocycles. The summed E-state index contributed by atoms with van der Waals surface area (Å²) in [4.78, 5) is 23.5. The number of nitrogens with one attached hydrogen (secondary N) is 1. The number of halogens is 4. The molecule has 0 radical (unpaired) electrons. The van der Waals surface area contributed by atoms with Gasteiger partial charge in [0.1, 0.15) is 22.9 Å². The zero-order chi connectivity index (χ0) is 34.2. The third-order valence-electron chi connectivity index (χ3n) is 6.47. The summed E-state index contributed by atoms with van der Waals surface area (Å²) in [6.07, 6.45) is -4.17. The molecule has 0 bridgehead atoms. The maximum atomic E-state index is 13.7. The van der Waals surface area contributed by atoms with Crippen LogP contribution in [0.2, 0.25) is 0 Å². The van der Waals surface area contributed by atoms with Crippen molar-refractivity contribution in [2.45, 2.75) is 43.5 Å². The second-order valence-corrected chi connectivity index (χ2v) is 12.0. The summed E-state index contributed by atoms with van der Waals surface area (Å²) in [6, 6.07) is 12.8. The number of carboxylic acid groups (broad SMARTS) is 1. The van der Waals surface area contributed by atoms with Crippen LogP contribution in [0.15, 0.2) is 65.6 Å². The molecule has 1 saturated heterocycles. The lowest BCUT2D eigenvalue weighted by Gasteiger charge is -2.35. The van der Waals surface area contributed by atoms with E-state index in [9.17, 15) is 41.0 Å². The van der Waals surface area contributed by atoms with Crippen LogP contribution in [0.25, 0.3) is 11.1 Å². The number of phenols is 2. The number of hydrogen-bond donors (Lipinski definition) is 4. The number of rotatable bonds is 9. The zero-order valence-corrected chi connectivity index (χ0v) is 25.4. The van der Waals surface area contributed by atoms with E-state index in [2.05, 4.69) is 9.62 Å². The third kappa shape index (κ3) is 10.3. The molecule has 3 aromatic carbocycles. The lowest BCUT2D eigenvalue weighted by molar-refractivity contribution is -0.192. The van der Waals surface area contributed by atoms with Gasteiger partial charge in [-0.05, 0) is 68.3 Å². The Kier molecular flexibility index (Phi) is 12.0. The van der Waals surface area contributed by atoms with E-state index >= 15 is 0 Å². The SMILES string of the molecule is CC1CN(CCCOC(=O)c2ccc(NS(=O)(=O)c3cccc(-c4cc(F)ccc4O)c3)cc2O)CC(C)O1.O=C(O)C(F)(F)F. The van der Waals surface area contributed by atoms with Crippen molar-refractivity contribution in [3.8, 4) is 22.6 Å². The van der Waals surface area contributed by atoms with Crippen molar-refractivity contribution >= 4 is 27.6 Å². The second-order valence-electron chi connectivity index (χ2n) is 10.3. The topological polar surface area (TPSA) is 163 Å². The number of carbonyl (C=O) groups excluding carboxylic acids is 1. The first-order valence-electron chi connectivity index (χ1n) is 13.8. The van der Waals surface area contributed by atoms with Gasteiger partial charge in [0.25, 0.3) is 10.0 Å². The van der Waals surface area contributed by atoms with Gasteiger partial charge >= 0.3 is 18.1 Å². The van der Waals surface area contributed by atoms with Gasteiger partial charge in [-0.25, -0.2) is 22.4 Å². The number of nitrogens with zero attached hydrogens (tertiary/aromatic N) is 1. The van der Waals surface area contributed by atoms with E-state index in [0.29, 0.717) is 12.0 Å². The van der Waals surface area contributed by atoms with Gasteiger partial charge in [0, 0.05) is 31.3 Å². The number of esters is 1. The lowest BCUT2D eigenvalue weighted by Crippen LogP contribution is -2.45. The fourth-order valence-electron chi connectivity index (χ4n) is 4.55. The number of benzene rings is 3. The summed E-state index contributed by atoms with van der Waals surface area (Å²) in [5, 5.41) is 27.6. The number of sulfonamides is 1. The molecular weight excluding hydrogens is 640 g/mol. The summed E-state index contributed by atoms with van der Waals surface area (Å²) >= 11 is 0. The van der Waals surface area contributed by atoms with E-state index in [4.69, 9.17) is 19.4 Å².